The largest absolute Gasteiger partial charge is 0.467 e. The average Bonchev–Trinajstić information content (AvgIpc) is 2.19. The molecular weight excluding hydrogens is 271 g/mol. The highest BCUT2D eigenvalue weighted by Crippen LogP contribution is 2.30. The van der Waals surface area contributed by atoms with E-state index in [2.05, 4.69) is 15.9 Å². The fraction of sp³-hybridized carbons (Fsp3) is 0.333. The van der Waals surface area contributed by atoms with E-state index in [1.54, 1.807) is 12.1 Å². The van der Waals surface area contributed by atoms with Crippen molar-refractivity contribution in [2.45, 2.75) is 6.61 Å². The summed E-state index contributed by atoms with van der Waals surface area (Å²) < 4.78 is 10.7. The van der Waals surface area contributed by atoms with Gasteiger partial charge in [0.05, 0.1) is 11.6 Å². The Balaban J connectivity index is 2.95. The number of aliphatic hydroxyl groups is 1. The van der Waals surface area contributed by atoms with E-state index >= 15 is 0 Å². The van der Waals surface area contributed by atoms with Gasteiger partial charge in [-0.3, -0.25) is 0 Å². The van der Waals surface area contributed by atoms with Crippen LogP contribution in [0.1, 0.15) is 5.56 Å². The number of benzene rings is 1. The van der Waals surface area contributed by atoms with Gasteiger partial charge >= 0.3 is 0 Å². The lowest BCUT2D eigenvalue weighted by Crippen LogP contribution is -2.01. The second kappa shape index (κ2) is 5.56. The summed E-state index contributed by atoms with van der Waals surface area (Å²) in [6, 6.07) is 3.35. The molecule has 0 fully saturated rings. The molecule has 1 aromatic carbocycles. The van der Waals surface area contributed by atoms with Crippen LogP contribution in [0.5, 0.6) is 5.75 Å². The van der Waals surface area contributed by atoms with Gasteiger partial charge in [0, 0.05) is 23.2 Å². The topological polar surface area (TPSA) is 38.7 Å². The monoisotopic (exact) mass is 280 g/mol. The number of ether oxygens (including phenoxy) is 2. The third-order valence-electron chi connectivity index (χ3n) is 1.61. The third-order valence-corrected chi connectivity index (χ3v) is 2.80. The number of rotatable bonds is 4. The Hall–Kier alpha value is -0.290. The van der Waals surface area contributed by atoms with Crippen LogP contribution in [0.3, 0.4) is 0 Å². The molecule has 0 unspecified atom stereocenters. The highest BCUT2D eigenvalue weighted by Gasteiger charge is 2.07. The van der Waals surface area contributed by atoms with Crippen LogP contribution >= 0.6 is 27.5 Å². The van der Waals surface area contributed by atoms with Crippen LogP contribution in [-0.2, 0) is 11.3 Å². The van der Waals surface area contributed by atoms with Gasteiger partial charge in [-0.05, 0) is 22.0 Å². The second-order valence-corrected chi connectivity index (χ2v) is 3.84. The molecule has 14 heavy (non-hydrogen) atoms. The molecule has 0 amide bonds. The molecule has 0 radical (unpaired) electrons. The van der Waals surface area contributed by atoms with Crippen LogP contribution in [0.25, 0.3) is 0 Å². The highest BCUT2D eigenvalue weighted by molar-refractivity contribution is 9.10. The zero-order valence-corrected chi connectivity index (χ0v) is 9.93. The van der Waals surface area contributed by atoms with E-state index < -0.39 is 0 Å². The second-order valence-electron chi connectivity index (χ2n) is 2.58. The number of methoxy groups -OCH3 is 1. The minimum atomic E-state index is -0.102. The zero-order valence-electron chi connectivity index (χ0n) is 7.59. The van der Waals surface area contributed by atoms with Crippen LogP contribution in [0.15, 0.2) is 16.6 Å². The van der Waals surface area contributed by atoms with Gasteiger partial charge in [0.25, 0.3) is 0 Å². The molecule has 78 valence electrons. The Kier molecular flexibility index (Phi) is 4.68. The van der Waals surface area contributed by atoms with Gasteiger partial charge in [-0.1, -0.05) is 11.6 Å². The van der Waals surface area contributed by atoms with Crippen LogP contribution in [0, 0.1) is 0 Å². The van der Waals surface area contributed by atoms with Gasteiger partial charge in [0.1, 0.15) is 5.75 Å². The van der Waals surface area contributed by atoms with Crippen molar-refractivity contribution in [1.82, 2.24) is 0 Å². The van der Waals surface area contributed by atoms with Crippen LogP contribution < -0.4 is 4.74 Å². The molecule has 0 aliphatic heterocycles. The molecule has 0 saturated heterocycles. The van der Waals surface area contributed by atoms with Crippen LogP contribution in [0.4, 0.5) is 0 Å². The predicted octanol–water partition coefficient (Wildman–Crippen LogP) is 2.58. The lowest BCUT2D eigenvalue weighted by atomic mass is 10.2. The molecule has 0 saturated carbocycles. The molecule has 5 heteroatoms. The highest BCUT2D eigenvalue weighted by atomic mass is 79.9. The van der Waals surface area contributed by atoms with Gasteiger partial charge in [-0.15, -0.1) is 0 Å². The van der Waals surface area contributed by atoms with Crippen molar-refractivity contribution in [2.24, 2.45) is 0 Å². The van der Waals surface area contributed by atoms with Gasteiger partial charge < -0.3 is 14.6 Å². The smallest absolute Gasteiger partial charge is 0.188 e. The van der Waals surface area contributed by atoms with Gasteiger partial charge in [0.15, 0.2) is 6.79 Å². The minimum absolute atomic E-state index is 0.102. The summed E-state index contributed by atoms with van der Waals surface area (Å²) in [5.41, 5.74) is 0.665. The summed E-state index contributed by atoms with van der Waals surface area (Å²) in [5.74, 6) is 0.530. The number of hydrogen-bond donors (Lipinski definition) is 1. The Morgan fingerprint density at radius 2 is 2.21 bits per heavy atom. The first-order chi connectivity index (χ1) is 6.69. The SMILES string of the molecule is COCOc1cc(Cl)c(Br)cc1CO. The Labute approximate surface area is 95.7 Å². The molecule has 0 bridgehead atoms. The van der Waals surface area contributed by atoms with Crippen molar-refractivity contribution >= 4 is 27.5 Å². The van der Waals surface area contributed by atoms with E-state index in [-0.39, 0.29) is 13.4 Å². The maximum Gasteiger partial charge on any atom is 0.188 e. The molecule has 0 aliphatic carbocycles. The maximum absolute atomic E-state index is 9.05. The molecular formula is C9H10BrClO3. The predicted molar refractivity (Wildman–Crippen MR) is 57.6 cm³/mol. The minimum Gasteiger partial charge on any atom is -0.467 e. The Morgan fingerprint density at radius 3 is 2.79 bits per heavy atom. The van der Waals surface area contributed by atoms with Crippen molar-refractivity contribution in [3.05, 3.63) is 27.2 Å². The molecule has 0 heterocycles. The Bertz CT molecular complexity index is 317. The average molecular weight is 282 g/mol. The van der Waals surface area contributed by atoms with E-state index in [1.165, 1.54) is 7.11 Å². The van der Waals surface area contributed by atoms with Gasteiger partial charge in [-0.2, -0.15) is 0 Å². The van der Waals surface area contributed by atoms with E-state index in [0.29, 0.717) is 16.3 Å². The van der Waals surface area contributed by atoms with E-state index in [0.717, 1.165) is 4.47 Å². The fourth-order valence-electron chi connectivity index (χ4n) is 0.950. The molecule has 0 spiro atoms. The maximum atomic E-state index is 9.05. The van der Waals surface area contributed by atoms with Gasteiger partial charge in [0.2, 0.25) is 0 Å². The summed E-state index contributed by atoms with van der Waals surface area (Å²) in [5, 5.41) is 9.58. The summed E-state index contributed by atoms with van der Waals surface area (Å²) in [7, 11) is 1.53. The van der Waals surface area contributed by atoms with Crippen molar-refractivity contribution < 1.29 is 14.6 Å². The fourth-order valence-corrected chi connectivity index (χ4v) is 1.49. The first-order valence-corrected chi connectivity index (χ1v) is 5.06. The molecule has 0 aliphatic rings. The quantitative estimate of drug-likeness (QED) is 0.862. The summed E-state index contributed by atoms with van der Waals surface area (Å²) in [6.45, 7) is 0.0276. The molecule has 1 rings (SSSR count). The molecule has 3 nitrogen and oxygen atoms in total. The molecule has 1 N–H and O–H groups in total. The lowest BCUT2D eigenvalue weighted by Gasteiger charge is -2.10. The van der Waals surface area contributed by atoms with Gasteiger partial charge in [-0.25, -0.2) is 0 Å². The first kappa shape index (κ1) is 11.8. The molecule has 0 atom stereocenters. The number of hydrogen-bond acceptors (Lipinski definition) is 3. The number of halogens is 2. The van der Waals surface area contributed by atoms with Crippen molar-refractivity contribution in [3.8, 4) is 5.75 Å². The van der Waals surface area contributed by atoms with E-state index in [9.17, 15) is 0 Å². The zero-order chi connectivity index (χ0) is 10.6. The normalized spacial score (nSPS) is 10.3. The summed E-state index contributed by atoms with van der Waals surface area (Å²) >= 11 is 9.13. The van der Waals surface area contributed by atoms with Crippen LogP contribution in [0.2, 0.25) is 5.02 Å². The van der Waals surface area contributed by atoms with E-state index in [4.69, 9.17) is 26.2 Å². The Morgan fingerprint density at radius 1 is 1.50 bits per heavy atom. The summed E-state index contributed by atoms with van der Waals surface area (Å²) in [6.07, 6.45) is 0. The molecule has 1 aromatic rings. The van der Waals surface area contributed by atoms with Crippen molar-refractivity contribution in [1.29, 1.82) is 0 Å². The first-order valence-electron chi connectivity index (χ1n) is 3.89. The van der Waals surface area contributed by atoms with Crippen molar-refractivity contribution in [3.63, 3.8) is 0 Å². The van der Waals surface area contributed by atoms with E-state index in [1.807, 2.05) is 0 Å². The lowest BCUT2D eigenvalue weighted by molar-refractivity contribution is 0.0495. The third kappa shape index (κ3) is 2.85. The number of aliphatic hydroxyl groups excluding tert-OH is 1. The van der Waals surface area contributed by atoms with Crippen LogP contribution in [-0.4, -0.2) is 19.0 Å². The van der Waals surface area contributed by atoms with Crippen molar-refractivity contribution in [2.75, 3.05) is 13.9 Å². The summed E-state index contributed by atoms with van der Waals surface area (Å²) in [4.78, 5) is 0. The standard InChI is InChI=1S/C9H10BrClO3/c1-13-5-14-9-3-8(11)7(10)2-6(9)4-12/h2-3,12H,4-5H2,1H3. The molecule has 0 aromatic heterocycles.